The van der Waals surface area contributed by atoms with E-state index in [0.29, 0.717) is 24.9 Å². The van der Waals surface area contributed by atoms with Crippen molar-refractivity contribution < 1.29 is 9.15 Å². The molecule has 20 heavy (non-hydrogen) atoms. The van der Waals surface area contributed by atoms with E-state index in [1.54, 1.807) is 6.26 Å². The Morgan fingerprint density at radius 1 is 1.40 bits per heavy atom. The third-order valence-corrected chi connectivity index (χ3v) is 3.14. The molecule has 2 aromatic rings. The maximum Gasteiger partial charge on any atom is 0.218 e. The minimum atomic E-state index is 0.504. The predicted molar refractivity (Wildman–Crippen MR) is 75.8 cm³/mol. The van der Waals surface area contributed by atoms with Crippen LogP contribution in [0, 0.1) is 0 Å². The minimum absolute atomic E-state index is 0.504. The summed E-state index contributed by atoms with van der Waals surface area (Å²) >= 11 is 0. The van der Waals surface area contributed by atoms with Gasteiger partial charge in [0.25, 0.3) is 0 Å². The summed E-state index contributed by atoms with van der Waals surface area (Å²) < 4.78 is 10.9. The number of furan rings is 1. The summed E-state index contributed by atoms with van der Waals surface area (Å²) in [5.41, 5.74) is 0. The molecule has 1 aliphatic rings. The van der Waals surface area contributed by atoms with Crippen LogP contribution in [0.4, 0.5) is 5.82 Å². The van der Waals surface area contributed by atoms with Gasteiger partial charge < -0.3 is 14.5 Å². The van der Waals surface area contributed by atoms with Crippen molar-refractivity contribution in [3.8, 4) is 5.88 Å². The average Bonchev–Trinajstić information content (AvgIpc) is 3.20. The molecule has 0 aliphatic heterocycles. The number of hydrogen-bond donors (Lipinski definition) is 1. The Morgan fingerprint density at radius 3 is 3.00 bits per heavy atom. The number of nitrogens with one attached hydrogen (secondary N) is 1. The largest absolute Gasteiger partial charge is 0.478 e. The van der Waals surface area contributed by atoms with Crippen LogP contribution in [0.2, 0.25) is 0 Å². The molecule has 0 aromatic carbocycles. The molecule has 106 valence electrons. The van der Waals surface area contributed by atoms with E-state index in [0.717, 1.165) is 23.8 Å². The molecular formula is C15H19N3O2. The lowest BCUT2D eigenvalue weighted by Gasteiger charge is -2.09. The summed E-state index contributed by atoms with van der Waals surface area (Å²) in [5, 5.41) is 3.26. The SMILES string of the molecule is CCCOc1cc(NCc2ccco2)nc(C2CC2)n1. The summed E-state index contributed by atoms with van der Waals surface area (Å²) in [5.74, 6) is 3.73. The first kappa shape index (κ1) is 13.0. The highest BCUT2D eigenvalue weighted by Gasteiger charge is 2.27. The third kappa shape index (κ3) is 3.29. The number of ether oxygens (including phenoxy) is 1. The van der Waals surface area contributed by atoms with Gasteiger partial charge in [-0.3, -0.25) is 0 Å². The van der Waals surface area contributed by atoms with Crippen molar-refractivity contribution in [2.75, 3.05) is 11.9 Å². The Kier molecular flexibility index (Phi) is 3.85. The van der Waals surface area contributed by atoms with Crippen molar-refractivity contribution in [3.05, 3.63) is 36.0 Å². The van der Waals surface area contributed by atoms with Crippen LogP contribution in [-0.4, -0.2) is 16.6 Å². The van der Waals surface area contributed by atoms with Gasteiger partial charge >= 0.3 is 0 Å². The number of aromatic nitrogens is 2. The second-order valence-electron chi connectivity index (χ2n) is 5.01. The summed E-state index contributed by atoms with van der Waals surface area (Å²) in [6, 6.07) is 5.66. The highest BCUT2D eigenvalue weighted by atomic mass is 16.5. The van der Waals surface area contributed by atoms with Crippen LogP contribution in [0.1, 0.15) is 43.7 Å². The van der Waals surface area contributed by atoms with Gasteiger partial charge in [-0.1, -0.05) is 6.92 Å². The number of nitrogens with zero attached hydrogens (tertiary/aromatic N) is 2. The first-order valence-corrected chi connectivity index (χ1v) is 7.13. The van der Waals surface area contributed by atoms with Crippen LogP contribution in [0.15, 0.2) is 28.9 Å². The zero-order valence-electron chi connectivity index (χ0n) is 11.6. The maximum atomic E-state index is 5.64. The van der Waals surface area contributed by atoms with Gasteiger partial charge in [0.2, 0.25) is 5.88 Å². The van der Waals surface area contributed by atoms with Gasteiger partial charge in [-0.2, -0.15) is 4.98 Å². The van der Waals surface area contributed by atoms with Crippen molar-refractivity contribution in [1.29, 1.82) is 0 Å². The molecular weight excluding hydrogens is 254 g/mol. The van der Waals surface area contributed by atoms with Gasteiger partial charge in [0, 0.05) is 12.0 Å². The van der Waals surface area contributed by atoms with Crippen LogP contribution in [-0.2, 0) is 6.54 Å². The molecule has 0 unspecified atom stereocenters. The summed E-state index contributed by atoms with van der Waals surface area (Å²) in [6.07, 6.45) is 4.99. The number of rotatable bonds is 7. The summed E-state index contributed by atoms with van der Waals surface area (Å²) in [6.45, 7) is 3.37. The molecule has 0 amide bonds. The summed E-state index contributed by atoms with van der Waals surface area (Å²) in [4.78, 5) is 9.04. The van der Waals surface area contributed by atoms with Gasteiger partial charge in [0.1, 0.15) is 17.4 Å². The van der Waals surface area contributed by atoms with Crippen LogP contribution in [0.5, 0.6) is 5.88 Å². The van der Waals surface area contributed by atoms with Crippen molar-refractivity contribution in [3.63, 3.8) is 0 Å². The molecule has 0 bridgehead atoms. The number of anilines is 1. The molecule has 1 N–H and O–H groups in total. The third-order valence-electron chi connectivity index (χ3n) is 3.14. The quantitative estimate of drug-likeness (QED) is 0.838. The van der Waals surface area contributed by atoms with Crippen LogP contribution in [0.25, 0.3) is 0 Å². The van der Waals surface area contributed by atoms with Gasteiger partial charge in [-0.15, -0.1) is 0 Å². The summed E-state index contributed by atoms with van der Waals surface area (Å²) in [7, 11) is 0. The molecule has 2 heterocycles. The first-order valence-electron chi connectivity index (χ1n) is 7.13. The highest BCUT2D eigenvalue weighted by Crippen LogP contribution is 2.39. The van der Waals surface area contributed by atoms with Crippen molar-refractivity contribution in [2.45, 2.75) is 38.6 Å². The molecule has 1 aliphatic carbocycles. The van der Waals surface area contributed by atoms with Crippen molar-refractivity contribution in [1.82, 2.24) is 9.97 Å². The zero-order chi connectivity index (χ0) is 13.8. The van der Waals surface area contributed by atoms with Crippen molar-refractivity contribution >= 4 is 5.82 Å². The molecule has 1 fully saturated rings. The fraction of sp³-hybridized carbons (Fsp3) is 0.467. The van der Waals surface area contributed by atoms with E-state index in [1.807, 2.05) is 18.2 Å². The van der Waals surface area contributed by atoms with E-state index in [2.05, 4.69) is 22.2 Å². The second kappa shape index (κ2) is 5.94. The normalized spacial score (nSPS) is 14.2. The Bertz CT molecular complexity index is 550. The van der Waals surface area contributed by atoms with Crippen molar-refractivity contribution in [2.24, 2.45) is 0 Å². The van der Waals surface area contributed by atoms with E-state index < -0.39 is 0 Å². The van der Waals surface area contributed by atoms with E-state index in [9.17, 15) is 0 Å². The molecule has 3 rings (SSSR count). The van der Waals surface area contributed by atoms with Crippen LogP contribution < -0.4 is 10.1 Å². The number of hydrogen-bond acceptors (Lipinski definition) is 5. The molecule has 5 heteroatoms. The predicted octanol–water partition coefficient (Wildman–Crippen LogP) is 3.35. The van der Waals surface area contributed by atoms with E-state index in [-0.39, 0.29) is 0 Å². The lowest BCUT2D eigenvalue weighted by atomic mass is 10.3. The Hall–Kier alpha value is -2.04. The van der Waals surface area contributed by atoms with Gasteiger partial charge in [-0.05, 0) is 31.4 Å². The zero-order valence-corrected chi connectivity index (χ0v) is 11.6. The second-order valence-corrected chi connectivity index (χ2v) is 5.01. The Morgan fingerprint density at radius 2 is 2.30 bits per heavy atom. The average molecular weight is 273 g/mol. The first-order chi connectivity index (χ1) is 9.85. The molecule has 5 nitrogen and oxygen atoms in total. The minimum Gasteiger partial charge on any atom is -0.478 e. The lowest BCUT2D eigenvalue weighted by Crippen LogP contribution is -2.06. The van der Waals surface area contributed by atoms with Gasteiger partial charge in [0.05, 0.1) is 19.4 Å². The molecule has 0 saturated heterocycles. The van der Waals surface area contributed by atoms with E-state index in [1.165, 1.54) is 12.8 Å². The van der Waals surface area contributed by atoms with E-state index >= 15 is 0 Å². The maximum absolute atomic E-state index is 5.64. The Labute approximate surface area is 118 Å². The van der Waals surface area contributed by atoms with Gasteiger partial charge in [0.15, 0.2) is 0 Å². The molecule has 0 atom stereocenters. The molecule has 2 aromatic heterocycles. The Balaban J connectivity index is 1.72. The molecule has 1 saturated carbocycles. The smallest absolute Gasteiger partial charge is 0.218 e. The highest BCUT2D eigenvalue weighted by molar-refractivity contribution is 5.39. The topological polar surface area (TPSA) is 60.2 Å². The monoisotopic (exact) mass is 273 g/mol. The molecule has 0 spiro atoms. The fourth-order valence-corrected chi connectivity index (χ4v) is 1.93. The van der Waals surface area contributed by atoms with Crippen LogP contribution in [0.3, 0.4) is 0 Å². The standard InChI is InChI=1S/C15H19N3O2/c1-2-7-20-14-9-13(16-10-12-4-3-8-19-12)17-15(18-14)11-5-6-11/h3-4,8-9,11H,2,5-7,10H2,1H3,(H,16,17,18). The molecule has 0 radical (unpaired) electrons. The fourth-order valence-electron chi connectivity index (χ4n) is 1.93. The van der Waals surface area contributed by atoms with Gasteiger partial charge in [-0.25, -0.2) is 4.98 Å². The van der Waals surface area contributed by atoms with Crippen LogP contribution >= 0.6 is 0 Å². The lowest BCUT2D eigenvalue weighted by molar-refractivity contribution is 0.303. The van der Waals surface area contributed by atoms with E-state index in [4.69, 9.17) is 9.15 Å².